The molecule has 0 bridgehead atoms. The summed E-state index contributed by atoms with van der Waals surface area (Å²) in [5, 5.41) is 3.66. The summed E-state index contributed by atoms with van der Waals surface area (Å²) in [5.74, 6) is 1.07. The average Bonchev–Trinajstić information content (AvgIpc) is 3.01. The number of rotatable bonds is 4. The first-order valence-electron chi connectivity index (χ1n) is 7.27. The molecule has 0 radical (unpaired) electrons. The molecule has 2 atom stereocenters. The van der Waals surface area contributed by atoms with Crippen LogP contribution in [0, 0.1) is 5.92 Å². The molecule has 2 heteroatoms. The number of hydrogen-bond donors (Lipinski definition) is 1. The summed E-state index contributed by atoms with van der Waals surface area (Å²) >= 11 is 0. The molecule has 0 amide bonds. The van der Waals surface area contributed by atoms with Crippen LogP contribution in [0.1, 0.15) is 52.4 Å². The maximum atomic E-state index is 3.66. The van der Waals surface area contributed by atoms with Crippen LogP contribution in [-0.4, -0.2) is 36.6 Å². The largest absolute Gasteiger partial charge is 0.314 e. The van der Waals surface area contributed by atoms with E-state index in [1.807, 2.05) is 0 Å². The molecule has 0 aromatic rings. The Kier molecular flexibility index (Phi) is 4.66. The number of hydrogen-bond acceptors (Lipinski definition) is 2. The number of nitrogens with zero attached hydrogens (tertiary/aromatic N) is 1. The first-order chi connectivity index (χ1) is 7.79. The molecule has 1 N–H and O–H groups in total. The van der Waals surface area contributed by atoms with Gasteiger partial charge in [0.1, 0.15) is 0 Å². The molecule has 1 heterocycles. The third-order valence-corrected chi connectivity index (χ3v) is 4.31. The topological polar surface area (TPSA) is 15.3 Å². The van der Waals surface area contributed by atoms with Gasteiger partial charge >= 0.3 is 0 Å². The monoisotopic (exact) mass is 224 g/mol. The Morgan fingerprint density at radius 2 is 2.06 bits per heavy atom. The molecule has 2 fully saturated rings. The van der Waals surface area contributed by atoms with Gasteiger partial charge in [-0.05, 0) is 58.2 Å². The van der Waals surface area contributed by atoms with Crippen molar-refractivity contribution >= 4 is 0 Å². The number of nitrogens with one attached hydrogen (secondary N) is 1. The van der Waals surface area contributed by atoms with Gasteiger partial charge in [0.2, 0.25) is 0 Å². The first-order valence-corrected chi connectivity index (χ1v) is 7.27. The molecular weight excluding hydrogens is 196 g/mol. The van der Waals surface area contributed by atoms with Crippen molar-refractivity contribution in [1.82, 2.24) is 10.2 Å². The normalized spacial score (nSPS) is 30.8. The van der Waals surface area contributed by atoms with E-state index in [1.165, 1.54) is 58.2 Å². The first kappa shape index (κ1) is 12.4. The van der Waals surface area contributed by atoms with Crippen LogP contribution >= 0.6 is 0 Å². The van der Waals surface area contributed by atoms with E-state index in [9.17, 15) is 0 Å². The highest BCUT2D eigenvalue weighted by molar-refractivity contribution is 4.81. The molecule has 2 nitrogen and oxygen atoms in total. The van der Waals surface area contributed by atoms with Crippen molar-refractivity contribution in [1.29, 1.82) is 0 Å². The Labute approximate surface area is 101 Å². The molecule has 1 saturated heterocycles. The van der Waals surface area contributed by atoms with Crippen LogP contribution in [0.25, 0.3) is 0 Å². The highest BCUT2D eigenvalue weighted by atomic mass is 15.2. The molecule has 2 rings (SSSR count). The Morgan fingerprint density at radius 3 is 2.75 bits per heavy atom. The van der Waals surface area contributed by atoms with Crippen molar-refractivity contribution in [3.63, 3.8) is 0 Å². The fourth-order valence-corrected chi connectivity index (χ4v) is 2.90. The summed E-state index contributed by atoms with van der Waals surface area (Å²) in [5.41, 5.74) is 0. The molecule has 94 valence electrons. The summed E-state index contributed by atoms with van der Waals surface area (Å²) < 4.78 is 0. The Balaban J connectivity index is 1.77. The second kappa shape index (κ2) is 6.02. The molecule has 1 aliphatic carbocycles. The lowest BCUT2D eigenvalue weighted by Crippen LogP contribution is -2.43. The zero-order valence-corrected chi connectivity index (χ0v) is 11.0. The molecule has 16 heavy (non-hydrogen) atoms. The lowest BCUT2D eigenvalue weighted by atomic mass is 10.1. The Bertz CT molecular complexity index is 201. The van der Waals surface area contributed by atoms with E-state index < -0.39 is 0 Å². The Hall–Kier alpha value is -0.0800. The molecule has 0 aromatic heterocycles. The van der Waals surface area contributed by atoms with E-state index in [1.54, 1.807) is 0 Å². The van der Waals surface area contributed by atoms with E-state index in [2.05, 4.69) is 24.1 Å². The fraction of sp³-hybridized carbons (Fsp3) is 1.00. The van der Waals surface area contributed by atoms with Crippen molar-refractivity contribution in [3.8, 4) is 0 Å². The van der Waals surface area contributed by atoms with Crippen LogP contribution < -0.4 is 5.32 Å². The second-order valence-electron chi connectivity index (χ2n) is 5.77. The third-order valence-electron chi connectivity index (χ3n) is 4.31. The summed E-state index contributed by atoms with van der Waals surface area (Å²) in [6.07, 6.45) is 8.39. The van der Waals surface area contributed by atoms with Crippen LogP contribution in [-0.2, 0) is 0 Å². The van der Waals surface area contributed by atoms with Gasteiger partial charge in [-0.2, -0.15) is 0 Å². The highest BCUT2D eigenvalue weighted by Gasteiger charge is 2.26. The van der Waals surface area contributed by atoms with Gasteiger partial charge in [0.05, 0.1) is 0 Å². The summed E-state index contributed by atoms with van der Waals surface area (Å²) in [7, 11) is 0. The maximum Gasteiger partial charge on any atom is 0.00766 e. The van der Waals surface area contributed by atoms with E-state index in [0.717, 1.165) is 18.0 Å². The van der Waals surface area contributed by atoms with Gasteiger partial charge in [0.25, 0.3) is 0 Å². The third kappa shape index (κ3) is 3.74. The SMILES string of the molecule is CCC1CCN(C(C)CC2CC2)CCCN1. The van der Waals surface area contributed by atoms with E-state index in [4.69, 9.17) is 0 Å². The zero-order valence-electron chi connectivity index (χ0n) is 11.0. The minimum absolute atomic E-state index is 0.760. The fourth-order valence-electron chi connectivity index (χ4n) is 2.90. The van der Waals surface area contributed by atoms with E-state index in [-0.39, 0.29) is 0 Å². The van der Waals surface area contributed by atoms with Gasteiger partial charge in [-0.15, -0.1) is 0 Å². The molecule has 1 saturated carbocycles. The predicted molar refractivity (Wildman–Crippen MR) is 69.7 cm³/mol. The molecular formula is C14H28N2. The van der Waals surface area contributed by atoms with E-state index >= 15 is 0 Å². The van der Waals surface area contributed by atoms with Crippen molar-refractivity contribution in [2.45, 2.75) is 64.5 Å². The average molecular weight is 224 g/mol. The molecule has 2 unspecified atom stereocenters. The zero-order chi connectivity index (χ0) is 11.4. The van der Waals surface area contributed by atoms with Gasteiger partial charge in [0, 0.05) is 12.1 Å². The summed E-state index contributed by atoms with van der Waals surface area (Å²) in [6.45, 7) is 8.56. The minimum Gasteiger partial charge on any atom is -0.314 e. The quantitative estimate of drug-likeness (QED) is 0.790. The van der Waals surface area contributed by atoms with Crippen LogP contribution in [0.2, 0.25) is 0 Å². The van der Waals surface area contributed by atoms with Gasteiger partial charge in [0.15, 0.2) is 0 Å². The molecule has 0 aromatic carbocycles. The minimum atomic E-state index is 0.760. The van der Waals surface area contributed by atoms with Gasteiger partial charge < -0.3 is 10.2 Å². The van der Waals surface area contributed by atoms with Crippen molar-refractivity contribution in [2.24, 2.45) is 5.92 Å². The lowest BCUT2D eigenvalue weighted by Gasteiger charge is -2.33. The van der Waals surface area contributed by atoms with Crippen LogP contribution in [0.5, 0.6) is 0 Å². The lowest BCUT2D eigenvalue weighted by molar-refractivity contribution is 0.169. The standard InChI is InChI=1S/C14H28N2/c1-3-14-7-10-16(9-4-8-15-14)12(2)11-13-5-6-13/h12-15H,3-11H2,1-2H3. The maximum absolute atomic E-state index is 3.66. The van der Waals surface area contributed by atoms with Crippen LogP contribution in [0.3, 0.4) is 0 Å². The van der Waals surface area contributed by atoms with Crippen molar-refractivity contribution < 1.29 is 0 Å². The van der Waals surface area contributed by atoms with Crippen LogP contribution in [0.15, 0.2) is 0 Å². The van der Waals surface area contributed by atoms with Crippen molar-refractivity contribution in [3.05, 3.63) is 0 Å². The predicted octanol–water partition coefficient (Wildman–Crippen LogP) is 2.64. The highest BCUT2D eigenvalue weighted by Crippen LogP contribution is 2.34. The van der Waals surface area contributed by atoms with E-state index in [0.29, 0.717) is 0 Å². The smallest absolute Gasteiger partial charge is 0.00766 e. The molecule has 0 spiro atoms. The summed E-state index contributed by atoms with van der Waals surface area (Å²) in [4.78, 5) is 2.74. The van der Waals surface area contributed by atoms with Crippen molar-refractivity contribution in [2.75, 3.05) is 19.6 Å². The Morgan fingerprint density at radius 1 is 1.25 bits per heavy atom. The van der Waals surface area contributed by atoms with Crippen LogP contribution in [0.4, 0.5) is 0 Å². The molecule has 2 aliphatic rings. The van der Waals surface area contributed by atoms with Gasteiger partial charge in [-0.3, -0.25) is 0 Å². The van der Waals surface area contributed by atoms with Gasteiger partial charge in [-0.1, -0.05) is 19.8 Å². The molecule has 1 aliphatic heterocycles. The summed E-state index contributed by atoms with van der Waals surface area (Å²) in [6, 6.07) is 1.58. The second-order valence-corrected chi connectivity index (χ2v) is 5.77. The van der Waals surface area contributed by atoms with Gasteiger partial charge in [-0.25, -0.2) is 0 Å².